The van der Waals surface area contributed by atoms with Gasteiger partial charge in [-0.05, 0) is 20.8 Å². The Morgan fingerprint density at radius 1 is 1.30 bits per heavy atom. The molecule has 0 bridgehead atoms. The molecule has 0 saturated carbocycles. The largest absolute Gasteiger partial charge is 0.481 e. The maximum absolute atomic E-state index is 11.8. The van der Waals surface area contributed by atoms with Crippen LogP contribution < -0.4 is 10.1 Å². The van der Waals surface area contributed by atoms with Crippen molar-refractivity contribution < 1.29 is 23.8 Å². The van der Waals surface area contributed by atoms with Gasteiger partial charge in [0, 0.05) is 12.5 Å². The van der Waals surface area contributed by atoms with Gasteiger partial charge in [-0.1, -0.05) is 11.6 Å². The molecule has 23 heavy (non-hydrogen) atoms. The van der Waals surface area contributed by atoms with Crippen LogP contribution in [0.15, 0.2) is 6.07 Å². The number of halogens is 1. The van der Waals surface area contributed by atoms with Crippen molar-refractivity contribution in [3.05, 3.63) is 17.0 Å². The first-order chi connectivity index (χ1) is 10.6. The van der Waals surface area contributed by atoms with E-state index in [2.05, 4.69) is 20.0 Å². The minimum Gasteiger partial charge on any atom is -0.481 e. The van der Waals surface area contributed by atoms with Crippen molar-refractivity contribution in [3.8, 4) is 5.88 Å². The molecule has 0 spiro atoms. The molecule has 1 N–H and O–H groups in total. The number of esters is 1. The lowest BCUT2D eigenvalue weighted by molar-refractivity contribution is -0.143. The number of hydrogen-bond donors (Lipinski definition) is 1. The van der Waals surface area contributed by atoms with E-state index in [0.717, 1.165) is 0 Å². The molecule has 0 aliphatic rings. The van der Waals surface area contributed by atoms with Gasteiger partial charge in [-0.15, -0.1) is 0 Å². The molecular formula is C14H20ClN3O5. The predicted molar refractivity (Wildman–Crippen MR) is 82.5 cm³/mol. The first-order valence-electron chi connectivity index (χ1n) is 6.79. The van der Waals surface area contributed by atoms with Crippen molar-refractivity contribution in [2.45, 2.75) is 38.8 Å². The molecule has 0 unspecified atom stereocenters. The molecule has 0 radical (unpaired) electrons. The fourth-order valence-corrected chi connectivity index (χ4v) is 1.80. The summed E-state index contributed by atoms with van der Waals surface area (Å²) in [5.74, 6) is -0.180. The van der Waals surface area contributed by atoms with E-state index in [0.29, 0.717) is 0 Å². The second kappa shape index (κ2) is 7.96. The van der Waals surface area contributed by atoms with Gasteiger partial charge in [0.2, 0.25) is 5.88 Å². The third-order valence-electron chi connectivity index (χ3n) is 2.49. The van der Waals surface area contributed by atoms with Crippen LogP contribution in [0.2, 0.25) is 5.15 Å². The highest BCUT2D eigenvalue weighted by Gasteiger charge is 2.26. The van der Waals surface area contributed by atoms with Crippen LogP contribution in [-0.4, -0.2) is 47.9 Å². The Morgan fingerprint density at radius 3 is 2.48 bits per heavy atom. The third-order valence-corrected chi connectivity index (χ3v) is 2.68. The Labute approximate surface area is 139 Å². The van der Waals surface area contributed by atoms with Gasteiger partial charge < -0.3 is 19.5 Å². The molecule has 1 aromatic heterocycles. The van der Waals surface area contributed by atoms with Crippen LogP contribution in [0.3, 0.4) is 0 Å². The summed E-state index contributed by atoms with van der Waals surface area (Å²) < 4.78 is 14.8. The fourth-order valence-electron chi connectivity index (χ4n) is 1.61. The summed E-state index contributed by atoms with van der Waals surface area (Å²) in [5.41, 5.74) is -0.694. The Hall–Kier alpha value is -2.09. The Balaban J connectivity index is 2.89. The third kappa shape index (κ3) is 6.68. The quantitative estimate of drug-likeness (QED) is 0.641. The second-order valence-electron chi connectivity index (χ2n) is 5.58. The molecule has 0 fully saturated rings. The van der Waals surface area contributed by atoms with Crippen molar-refractivity contribution >= 4 is 23.7 Å². The summed E-state index contributed by atoms with van der Waals surface area (Å²) in [6.07, 6.45) is -0.773. The van der Waals surface area contributed by atoms with E-state index in [9.17, 15) is 9.59 Å². The van der Waals surface area contributed by atoms with E-state index in [1.54, 1.807) is 20.8 Å². The van der Waals surface area contributed by atoms with Crippen LogP contribution in [0.1, 0.15) is 26.6 Å². The van der Waals surface area contributed by atoms with Gasteiger partial charge in [-0.25, -0.2) is 14.6 Å². The van der Waals surface area contributed by atoms with E-state index < -0.39 is 23.7 Å². The fraction of sp³-hybridized carbons (Fsp3) is 0.571. The highest BCUT2D eigenvalue weighted by Crippen LogP contribution is 2.14. The maximum Gasteiger partial charge on any atom is 0.408 e. The van der Waals surface area contributed by atoms with E-state index >= 15 is 0 Å². The van der Waals surface area contributed by atoms with Gasteiger partial charge in [0.15, 0.2) is 0 Å². The van der Waals surface area contributed by atoms with E-state index in [1.807, 2.05) is 0 Å². The minimum atomic E-state index is -1.02. The molecule has 9 heteroatoms. The number of methoxy groups -OCH3 is 2. The Kier molecular flexibility index (Phi) is 6.56. The number of aromatic nitrogens is 2. The first-order valence-corrected chi connectivity index (χ1v) is 7.17. The second-order valence-corrected chi connectivity index (χ2v) is 5.96. The summed E-state index contributed by atoms with van der Waals surface area (Å²) in [6, 6.07) is 0.414. The van der Waals surface area contributed by atoms with Crippen molar-refractivity contribution in [2.24, 2.45) is 0 Å². The molecular weight excluding hydrogens is 326 g/mol. The molecule has 1 rings (SSSR count). The molecule has 1 amide bonds. The van der Waals surface area contributed by atoms with Gasteiger partial charge in [0.25, 0.3) is 0 Å². The lowest BCUT2D eigenvalue weighted by Gasteiger charge is -2.22. The summed E-state index contributed by atoms with van der Waals surface area (Å²) in [7, 11) is 2.64. The van der Waals surface area contributed by atoms with Crippen LogP contribution in [0.25, 0.3) is 0 Å². The maximum atomic E-state index is 11.8. The van der Waals surface area contributed by atoms with Gasteiger partial charge in [0.05, 0.1) is 14.2 Å². The highest BCUT2D eigenvalue weighted by atomic mass is 35.5. The topological polar surface area (TPSA) is 99.6 Å². The summed E-state index contributed by atoms with van der Waals surface area (Å²) >= 11 is 5.86. The Morgan fingerprint density at radius 2 is 1.96 bits per heavy atom. The lowest BCUT2D eigenvalue weighted by Crippen LogP contribution is -2.45. The zero-order chi connectivity index (χ0) is 17.6. The van der Waals surface area contributed by atoms with Gasteiger partial charge >= 0.3 is 12.1 Å². The lowest BCUT2D eigenvalue weighted by atomic mass is 10.2. The van der Waals surface area contributed by atoms with Gasteiger partial charge in [-0.3, -0.25) is 0 Å². The number of nitrogens with zero attached hydrogens (tertiary/aromatic N) is 2. The molecule has 0 aliphatic carbocycles. The Bertz CT molecular complexity index is 574. The molecule has 8 nitrogen and oxygen atoms in total. The molecule has 0 saturated heterocycles. The minimum absolute atomic E-state index is 0.0250. The highest BCUT2D eigenvalue weighted by molar-refractivity contribution is 6.29. The average molecular weight is 346 g/mol. The zero-order valence-corrected chi connectivity index (χ0v) is 14.4. The molecule has 1 aromatic rings. The van der Waals surface area contributed by atoms with Crippen LogP contribution in [-0.2, 0) is 20.7 Å². The van der Waals surface area contributed by atoms with E-state index in [4.69, 9.17) is 21.1 Å². The zero-order valence-electron chi connectivity index (χ0n) is 13.7. The number of alkyl carbamates (subject to hydrolysis) is 1. The van der Waals surface area contributed by atoms with Crippen LogP contribution >= 0.6 is 11.6 Å². The molecule has 128 valence electrons. The monoisotopic (exact) mass is 345 g/mol. The average Bonchev–Trinajstić information content (AvgIpc) is 2.43. The van der Waals surface area contributed by atoms with Gasteiger partial charge in [0.1, 0.15) is 22.6 Å². The van der Waals surface area contributed by atoms with Gasteiger partial charge in [-0.2, -0.15) is 4.98 Å². The standard InChI is InChI=1S/C14H20ClN3O5/c1-14(2,3)23-13(20)16-8(12(19)22-5)6-10-17-9(15)7-11(18-10)21-4/h7-8H,6H2,1-5H3,(H,16,20)/t8-/m1/s1. The number of nitrogens with one attached hydrogen (secondary N) is 1. The number of hydrogen-bond acceptors (Lipinski definition) is 7. The van der Waals surface area contributed by atoms with Crippen molar-refractivity contribution in [2.75, 3.05) is 14.2 Å². The summed E-state index contributed by atoms with van der Waals surface area (Å²) in [5, 5.41) is 2.59. The van der Waals surface area contributed by atoms with Crippen molar-refractivity contribution in [3.63, 3.8) is 0 Å². The van der Waals surface area contributed by atoms with Crippen LogP contribution in [0.4, 0.5) is 4.79 Å². The van der Waals surface area contributed by atoms with Crippen molar-refractivity contribution in [1.82, 2.24) is 15.3 Å². The van der Waals surface area contributed by atoms with E-state index in [-0.39, 0.29) is 23.3 Å². The normalized spacial score (nSPS) is 12.3. The number of amides is 1. The molecule has 1 heterocycles. The smallest absolute Gasteiger partial charge is 0.408 e. The number of rotatable bonds is 5. The SMILES string of the molecule is COC(=O)[C@@H](Cc1nc(Cl)cc(OC)n1)NC(=O)OC(C)(C)C. The summed E-state index contributed by atoms with van der Waals surface area (Å²) in [4.78, 5) is 31.7. The van der Waals surface area contributed by atoms with Crippen molar-refractivity contribution in [1.29, 1.82) is 0 Å². The number of carbonyl (C=O) groups excluding carboxylic acids is 2. The summed E-state index contributed by atoms with van der Waals surface area (Å²) in [6.45, 7) is 5.14. The molecule has 0 aliphatic heterocycles. The van der Waals surface area contributed by atoms with E-state index in [1.165, 1.54) is 20.3 Å². The molecule has 0 aromatic carbocycles. The number of carbonyl (C=O) groups is 2. The predicted octanol–water partition coefficient (Wildman–Crippen LogP) is 1.75. The van der Waals surface area contributed by atoms with Crippen LogP contribution in [0.5, 0.6) is 5.88 Å². The number of ether oxygens (including phenoxy) is 3. The first kappa shape index (κ1) is 19.0. The van der Waals surface area contributed by atoms with Crippen LogP contribution in [0, 0.1) is 0 Å². The molecule has 1 atom stereocenters.